The first kappa shape index (κ1) is 18.1. The van der Waals surface area contributed by atoms with Crippen LogP contribution < -0.4 is 10.6 Å². The maximum absolute atomic E-state index is 12.7. The summed E-state index contributed by atoms with van der Waals surface area (Å²) >= 11 is 0. The van der Waals surface area contributed by atoms with Gasteiger partial charge in [0.15, 0.2) is 0 Å². The quantitative estimate of drug-likeness (QED) is 0.701. The third-order valence-electron chi connectivity index (χ3n) is 4.29. The molecule has 2 amide bonds. The number of nitrogens with zero attached hydrogens (tertiary/aromatic N) is 2. The van der Waals surface area contributed by atoms with E-state index >= 15 is 0 Å². The molecule has 0 aliphatic carbocycles. The summed E-state index contributed by atoms with van der Waals surface area (Å²) in [4.78, 5) is 37.3. The van der Waals surface area contributed by atoms with Crippen molar-refractivity contribution >= 4 is 23.5 Å². The number of carboxylic acids is 1. The van der Waals surface area contributed by atoms with Crippen LogP contribution in [0.2, 0.25) is 0 Å². The number of nitrogens with two attached hydrogens (primary N) is 1. The number of hydrogen-bond acceptors (Lipinski definition) is 6. The highest BCUT2D eigenvalue weighted by Crippen LogP contribution is 2.35. The molecule has 0 spiro atoms. The zero-order valence-corrected chi connectivity index (χ0v) is 14.0. The van der Waals surface area contributed by atoms with Crippen molar-refractivity contribution < 1.29 is 24.7 Å². The van der Waals surface area contributed by atoms with Crippen LogP contribution in [0.15, 0.2) is 24.3 Å². The molecular weight excluding hydrogens is 314 g/mol. The first-order valence-electron chi connectivity index (χ1n) is 7.39. The van der Waals surface area contributed by atoms with Gasteiger partial charge in [0.2, 0.25) is 0 Å². The second-order valence-electron chi connectivity index (χ2n) is 6.78. The van der Waals surface area contributed by atoms with Crippen LogP contribution in [0, 0.1) is 0 Å². The summed E-state index contributed by atoms with van der Waals surface area (Å²) in [6.07, 6.45) is 0. The lowest BCUT2D eigenvalue weighted by atomic mass is 9.88. The SMILES string of the molecule is CC1(C)C(=O)N(c2ccc([C@H](N)C(=O)O)cc2)C(=O)C(C)(C)N1O. The Kier molecular flexibility index (Phi) is 4.26. The minimum absolute atomic E-state index is 0.292. The third-order valence-corrected chi connectivity index (χ3v) is 4.29. The summed E-state index contributed by atoms with van der Waals surface area (Å²) in [5.41, 5.74) is 3.59. The molecule has 1 aliphatic rings. The fourth-order valence-electron chi connectivity index (χ4n) is 2.73. The van der Waals surface area contributed by atoms with E-state index in [0.29, 0.717) is 11.3 Å². The zero-order chi connectivity index (χ0) is 18.4. The van der Waals surface area contributed by atoms with Crippen molar-refractivity contribution in [1.82, 2.24) is 5.06 Å². The summed E-state index contributed by atoms with van der Waals surface area (Å²) in [6.45, 7) is 6.08. The van der Waals surface area contributed by atoms with E-state index in [-0.39, 0.29) is 0 Å². The molecule has 130 valence electrons. The number of hydroxylamine groups is 2. The van der Waals surface area contributed by atoms with E-state index in [4.69, 9.17) is 10.8 Å². The van der Waals surface area contributed by atoms with Crippen molar-refractivity contribution in [3.8, 4) is 0 Å². The highest BCUT2D eigenvalue weighted by atomic mass is 16.5. The number of amides is 2. The van der Waals surface area contributed by atoms with Crippen LogP contribution >= 0.6 is 0 Å². The summed E-state index contributed by atoms with van der Waals surface area (Å²) in [7, 11) is 0. The highest BCUT2D eigenvalue weighted by molar-refractivity contribution is 6.22. The number of imide groups is 1. The molecule has 4 N–H and O–H groups in total. The number of anilines is 1. The summed E-state index contributed by atoms with van der Waals surface area (Å²) < 4.78 is 0. The average Bonchev–Trinajstić information content (AvgIpc) is 2.52. The lowest BCUT2D eigenvalue weighted by molar-refractivity contribution is -0.226. The number of aliphatic carboxylic acids is 1. The van der Waals surface area contributed by atoms with E-state index in [1.165, 1.54) is 52.0 Å². The molecule has 8 nitrogen and oxygen atoms in total. The van der Waals surface area contributed by atoms with Crippen molar-refractivity contribution in [1.29, 1.82) is 0 Å². The first-order chi connectivity index (χ1) is 10.9. The van der Waals surface area contributed by atoms with E-state index < -0.39 is 34.9 Å². The smallest absolute Gasteiger partial charge is 0.325 e. The van der Waals surface area contributed by atoms with Crippen LogP contribution in [-0.2, 0) is 14.4 Å². The molecule has 1 aromatic rings. The first-order valence-corrected chi connectivity index (χ1v) is 7.39. The molecule has 0 saturated carbocycles. The molecule has 1 aromatic carbocycles. The number of benzene rings is 1. The molecule has 1 saturated heterocycles. The second kappa shape index (κ2) is 5.66. The minimum Gasteiger partial charge on any atom is -0.480 e. The molecule has 0 aromatic heterocycles. The van der Waals surface area contributed by atoms with Crippen LogP contribution in [0.25, 0.3) is 0 Å². The van der Waals surface area contributed by atoms with Gasteiger partial charge in [-0.3, -0.25) is 14.4 Å². The molecule has 8 heteroatoms. The van der Waals surface area contributed by atoms with Gasteiger partial charge in [0, 0.05) is 0 Å². The maximum Gasteiger partial charge on any atom is 0.325 e. The fraction of sp³-hybridized carbons (Fsp3) is 0.438. The molecular formula is C16H21N3O5. The standard InChI is InChI=1S/C16H21N3O5/c1-15(2)13(22)18(14(23)16(3,4)19(15)24)10-7-5-9(6-8-10)11(17)12(20)21/h5-8,11,24H,17H2,1-4H3,(H,20,21)/t11-/m0/s1. The highest BCUT2D eigenvalue weighted by Gasteiger charge is 2.56. The monoisotopic (exact) mass is 335 g/mol. The third kappa shape index (κ3) is 2.58. The van der Waals surface area contributed by atoms with E-state index in [9.17, 15) is 19.6 Å². The van der Waals surface area contributed by atoms with Crippen LogP contribution in [-0.4, -0.2) is 44.2 Å². The number of carbonyl (C=O) groups is 3. The summed E-state index contributed by atoms with van der Waals surface area (Å²) in [6, 6.07) is 4.66. The predicted molar refractivity (Wildman–Crippen MR) is 85.3 cm³/mol. The number of rotatable bonds is 3. The van der Waals surface area contributed by atoms with Crippen LogP contribution in [0.1, 0.15) is 39.3 Å². The molecule has 1 aliphatic heterocycles. The Balaban J connectivity index is 2.45. The number of hydrogen-bond donors (Lipinski definition) is 3. The van der Waals surface area contributed by atoms with Gasteiger partial charge in [-0.15, -0.1) is 0 Å². The lowest BCUT2D eigenvalue weighted by Crippen LogP contribution is -2.73. The molecule has 0 unspecified atom stereocenters. The Morgan fingerprint density at radius 1 is 1.04 bits per heavy atom. The van der Waals surface area contributed by atoms with Crippen molar-refractivity contribution in [2.24, 2.45) is 5.73 Å². The van der Waals surface area contributed by atoms with E-state index in [1.54, 1.807) is 0 Å². The number of carboxylic acid groups (broad SMARTS) is 1. The number of piperazine rings is 1. The van der Waals surface area contributed by atoms with E-state index in [1.807, 2.05) is 0 Å². The molecule has 1 atom stereocenters. The summed E-state index contributed by atoms with van der Waals surface area (Å²) in [5.74, 6) is -2.33. The van der Waals surface area contributed by atoms with Crippen molar-refractivity contribution in [2.75, 3.05) is 4.90 Å². The van der Waals surface area contributed by atoms with Crippen molar-refractivity contribution in [3.63, 3.8) is 0 Å². The molecule has 2 rings (SSSR count). The molecule has 1 heterocycles. The van der Waals surface area contributed by atoms with Gasteiger partial charge in [-0.1, -0.05) is 12.1 Å². The molecule has 0 radical (unpaired) electrons. The van der Waals surface area contributed by atoms with Gasteiger partial charge >= 0.3 is 5.97 Å². The van der Waals surface area contributed by atoms with E-state index in [0.717, 1.165) is 9.96 Å². The van der Waals surface area contributed by atoms with Crippen molar-refractivity contribution in [3.05, 3.63) is 29.8 Å². The second-order valence-corrected chi connectivity index (χ2v) is 6.78. The van der Waals surface area contributed by atoms with Gasteiger partial charge in [-0.05, 0) is 45.4 Å². The topological polar surface area (TPSA) is 124 Å². The maximum atomic E-state index is 12.7. The van der Waals surface area contributed by atoms with Crippen LogP contribution in [0.5, 0.6) is 0 Å². The van der Waals surface area contributed by atoms with Gasteiger partial charge in [-0.25, -0.2) is 4.90 Å². The van der Waals surface area contributed by atoms with E-state index in [2.05, 4.69) is 0 Å². The minimum atomic E-state index is -1.30. The van der Waals surface area contributed by atoms with Gasteiger partial charge in [0.25, 0.3) is 11.8 Å². The molecule has 0 bridgehead atoms. The van der Waals surface area contributed by atoms with Gasteiger partial charge in [-0.2, -0.15) is 5.06 Å². The Bertz CT molecular complexity index is 668. The molecule has 24 heavy (non-hydrogen) atoms. The summed E-state index contributed by atoms with van der Waals surface area (Å²) in [5, 5.41) is 19.9. The predicted octanol–water partition coefficient (Wildman–Crippen LogP) is 0.893. The Morgan fingerprint density at radius 3 is 1.83 bits per heavy atom. The van der Waals surface area contributed by atoms with Crippen molar-refractivity contribution in [2.45, 2.75) is 44.8 Å². The van der Waals surface area contributed by atoms with Gasteiger partial charge < -0.3 is 16.0 Å². The number of carbonyl (C=O) groups excluding carboxylic acids is 2. The van der Waals surface area contributed by atoms with Gasteiger partial charge in [0.1, 0.15) is 17.1 Å². The Labute approximate surface area is 139 Å². The van der Waals surface area contributed by atoms with Gasteiger partial charge in [0.05, 0.1) is 5.69 Å². The largest absolute Gasteiger partial charge is 0.480 e. The zero-order valence-electron chi connectivity index (χ0n) is 14.0. The normalized spacial score (nSPS) is 21.7. The van der Waals surface area contributed by atoms with Crippen LogP contribution in [0.4, 0.5) is 5.69 Å². The Morgan fingerprint density at radius 2 is 1.46 bits per heavy atom. The Hall–Kier alpha value is -2.29. The van der Waals surface area contributed by atoms with Crippen LogP contribution in [0.3, 0.4) is 0 Å². The fourth-order valence-corrected chi connectivity index (χ4v) is 2.73. The molecule has 1 fully saturated rings. The average molecular weight is 335 g/mol. The lowest BCUT2D eigenvalue weighted by Gasteiger charge is -2.49.